The Hall–Kier alpha value is -0.130. The predicted molar refractivity (Wildman–Crippen MR) is 81.3 cm³/mol. The normalized spacial score (nSPS) is 12.9. The Bertz CT molecular complexity index is 473. The smallest absolute Gasteiger partial charge is 0.252 e. The lowest BCUT2D eigenvalue weighted by molar-refractivity contribution is -0.109. The van der Waals surface area contributed by atoms with Crippen molar-refractivity contribution in [2.45, 2.75) is 16.1 Å². The van der Waals surface area contributed by atoms with Gasteiger partial charge in [0.1, 0.15) is 5.37 Å². The Morgan fingerprint density at radius 2 is 1.74 bits per heavy atom. The van der Waals surface area contributed by atoms with Crippen LogP contribution in [-0.4, -0.2) is 20.2 Å². The van der Waals surface area contributed by atoms with E-state index in [1.165, 1.54) is 19.1 Å². The van der Waals surface area contributed by atoms with Crippen molar-refractivity contribution >= 4 is 69.2 Å². The summed E-state index contributed by atoms with van der Waals surface area (Å²) in [5.74, 6) is -0.457. The topological polar surface area (TPSA) is 46.2 Å². The van der Waals surface area contributed by atoms with Crippen molar-refractivity contribution in [3.8, 4) is 0 Å². The van der Waals surface area contributed by atoms with E-state index in [-0.39, 0.29) is 5.12 Å². The summed E-state index contributed by atoms with van der Waals surface area (Å²) in [7, 11) is 0. The van der Waals surface area contributed by atoms with E-state index >= 15 is 0 Å². The third-order valence-electron chi connectivity index (χ3n) is 1.95. The molecule has 104 valence electrons. The molecule has 0 heterocycles. The van der Waals surface area contributed by atoms with Gasteiger partial charge in [0.25, 0.3) is 5.91 Å². The summed E-state index contributed by atoms with van der Waals surface area (Å²) in [5, 5.41) is 1.75. The van der Waals surface area contributed by atoms with E-state index in [4.69, 9.17) is 46.4 Å². The van der Waals surface area contributed by atoms with Gasteiger partial charge in [-0.1, -0.05) is 58.2 Å². The highest BCUT2D eigenvalue weighted by Crippen LogP contribution is 2.36. The summed E-state index contributed by atoms with van der Waals surface area (Å²) in [6.45, 7) is 1.32. The summed E-state index contributed by atoms with van der Waals surface area (Å²) in [5.41, 5.74) is 0.354. The van der Waals surface area contributed by atoms with Gasteiger partial charge in [0.2, 0.25) is 3.79 Å². The number of hydrogen-bond donors (Lipinski definition) is 1. The van der Waals surface area contributed by atoms with Crippen LogP contribution in [-0.2, 0) is 4.79 Å². The summed E-state index contributed by atoms with van der Waals surface area (Å²) < 4.78 is -1.79. The molecule has 0 unspecified atom stereocenters. The van der Waals surface area contributed by atoms with Crippen LogP contribution in [0.15, 0.2) is 24.3 Å². The molecule has 0 aliphatic heterocycles. The zero-order valence-electron chi connectivity index (χ0n) is 9.62. The van der Waals surface area contributed by atoms with E-state index in [1.54, 1.807) is 12.1 Å². The third kappa shape index (κ3) is 5.79. The fourth-order valence-electron chi connectivity index (χ4n) is 1.15. The number of carbonyl (C=O) groups is 2. The molecule has 0 aliphatic rings. The van der Waals surface area contributed by atoms with Crippen LogP contribution in [0.5, 0.6) is 0 Å². The van der Waals surface area contributed by atoms with Crippen LogP contribution < -0.4 is 5.32 Å². The molecule has 0 saturated carbocycles. The van der Waals surface area contributed by atoms with Crippen LogP contribution >= 0.6 is 58.2 Å². The van der Waals surface area contributed by atoms with E-state index in [0.29, 0.717) is 10.6 Å². The molecule has 3 nitrogen and oxygen atoms in total. The average molecular weight is 361 g/mol. The minimum atomic E-state index is -1.79. The van der Waals surface area contributed by atoms with Crippen molar-refractivity contribution in [2.24, 2.45) is 0 Å². The molecule has 19 heavy (non-hydrogen) atoms. The van der Waals surface area contributed by atoms with Crippen LogP contribution in [0.1, 0.15) is 17.3 Å². The Morgan fingerprint density at radius 1 is 1.21 bits per heavy atom. The van der Waals surface area contributed by atoms with Crippen molar-refractivity contribution in [3.63, 3.8) is 0 Å². The fourth-order valence-corrected chi connectivity index (χ4v) is 2.47. The highest BCUT2D eigenvalue weighted by atomic mass is 35.6. The summed E-state index contributed by atoms with van der Waals surface area (Å²) in [6.07, 6.45) is 0. The first-order chi connectivity index (χ1) is 8.70. The van der Waals surface area contributed by atoms with Gasteiger partial charge in [0.15, 0.2) is 5.12 Å². The molecule has 0 radical (unpaired) electrons. The number of rotatable bonds is 3. The van der Waals surface area contributed by atoms with Gasteiger partial charge in [-0.2, -0.15) is 0 Å². The molecule has 1 rings (SSSR count). The molecule has 1 amide bonds. The second-order valence-electron chi connectivity index (χ2n) is 3.51. The number of amides is 1. The second kappa shape index (κ2) is 7.04. The molecule has 1 atom stereocenters. The highest BCUT2D eigenvalue weighted by molar-refractivity contribution is 8.14. The zero-order chi connectivity index (χ0) is 14.6. The van der Waals surface area contributed by atoms with Crippen molar-refractivity contribution in [2.75, 3.05) is 0 Å². The van der Waals surface area contributed by atoms with Gasteiger partial charge < -0.3 is 5.32 Å². The van der Waals surface area contributed by atoms with E-state index in [9.17, 15) is 9.59 Å². The molecule has 0 aromatic heterocycles. The van der Waals surface area contributed by atoms with Gasteiger partial charge in [0, 0.05) is 17.5 Å². The van der Waals surface area contributed by atoms with E-state index < -0.39 is 15.1 Å². The summed E-state index contributed by atoms with van der Waals surface area (Å²) in [4.78, 5) is 23.0. The Morgan fingerprint density at radius 3 is 2.16 bits per heavy atom. The van der Waals surface area contributed by atoms with E-state index in [0.717, 1.165) is 11.8 Å². The first-order valence-electron chi connectivity index (χ1n) is 5.00. The molecular weight excluding hydrogens is 352 g/mol. The molecule has 1 N–H and O–H groups in total. The lowest BCUT2D eigenvalue weighted by Crippen LogP contribution is -2.42. The maximum absolute atomic E-state index is 11.9. The minimum absolute atomic E-state index is 0.271. The van der Waals surface area contributed by atoms with E-state index in [2.05, 4.69) is 5.32 Å². The van der Waals surface area contributed by atoms with Crippen molar-refractivity contribution in [1.29, 1.82) is 0 Å². The summed E-state index contributed by atoms with van der Waals surface area (Å²) in [6, 6.07) is 6.20. The zero-order valence-corrected chi connectivity index (χ0v) is 13.5. The molecule has 0 saturated heterocycles. The monoisotopic (exact) mass is 359 g/mol. The summed E-state index contributed by atoms with van der Waals surface area (Å²) >= 11 is 23.6. The van der Waals surface area contributed by atoms with E-state index in [1.807, 2.05) is 0 Å². The molecule has 1 aromatic rings. The maximum atomic E-state index is 11.9. The highest BCUT2D eigenvalue weighted by Gasteiger charge is 2.35. The molecule has 1 aromatic carbocycles. The standard InChI is InChI=1S/C11H9Cl4NO2S/c1-6(17)19-10(11(13,14)15)16-9(18)7-2-4-8(12)5-3-7/h2-5,10H,1H3,(H,16,18)/t10-/m1/s1. The van der Waals surface area contributed by atoms with Gasteiger partial charge in [-0.25, -0.2) is 0 Å². The predicted octanol–water partition coefficient (Wildman–Crippen LogP) is 4.05. The number of carbonyl (C=O) groups excluding carboxylic acids is 2. The molecule has 0 bridgehead atoms. The van der Waals surface area contributed by atoms with Crippen molar-refractivity contribution in [1.82, 2.24) is 5.32 Å². The van der Waals surface area contributed by atoms with Crippen LogP contribution in [0, 0.1) is 0 Å². The van der Waals surface area contributed by atoms with Crippen LogP contribution in [0.2, 0.25) is 5.02 Å². The maximum Gasteiger partial charge on any atom is 0.252 e. The quantitative estimate of drug-likeness (QED) is 0.653. The Balaban J connectivity index is 2.81. The van der Waals surface area contributed by atoms with Gasteiger partial charge in [-0.05, 0) is 24.3 Å². The number of halogens is 4. The molecular formula is C11H9Cl4NO2S. The van der Waals surface area contributed by atoms with Gasteiger partial charge in [0.05, 0.1) is 0 Å². The van der Waals surface area contributed by atoms with Gasteiger partial charge >= 0.3 is 0 Å². The van der Waals surface area contributed by atoms with Gasteiger partial charge in [-0.15, -0.1) is 0 Å². The first-order valence-corrected chi connectivity index (χ1v) is 7.39. The number of hydrogen-bond acceptors (Lipinski definition) is 3. The van der Waals surface area contributed by atoms with Crippen LogP contribution in [0.4, 0.5) is 0 Å². The fraction of sp³-hybridized carbons (Fsp3) is 0.273. The Labute approximate surface area is 134 Å². The van der Waals surface area contributed by atoms with Gasteiger partial charge in [-0.3, -0.25) is 9.59 Å². The lowest BCUT2D eigenvalue weighted by Gasteiger charge is -2.23. The second-order valence-corrected chi connectivity index (χ2v) is 7.60. The number of alkyl halides is 3. The number of nitrogens with one attached hydrogen (secondary N) is 1. The Kier molecular flexibility index (Phi) is 6.27. The lowest BCUT2D eigenvalue weighted by atomic mass is 10.2. The molecule has 0 aliphatic carbocycles. The van der Waals surface area contributed by atoms with Crippen molar-refractivity contribution < 1.29 is 9.59 Å². The average Bonchev–Trinajstić information content (AvgIpc) is 2.27. The molecule has 0 fully saturated rings. The van der Waals surface area contributed by atoms with Crippen LogP contribution in [0.25, 0.3) is 0 Å². The largest absolute Gasteiger partial charge is 0.336 e. The molecule has 8 heteroatoms. The minimum Gasteiger partial charge on any atom is -0.336 e. The first kappa shape index (κ1) is 16.9. The SMILES string of the molecule is CC(=O)S[C@@H](NC(=O)c1ccc(Cl)cc1)C(Cl)(Cl)Cl. The third-order valence-corrected chi connectivity index (χ3v) is 4.28. The van der Waals surface area contributed by atoms with Crippen LogP contribution in [0.3, 0.4) is 0 Å². The van der Waals surface area contributed by atoms with Crippen molar-refractivity contribution in [3.05, 3.63) is 34.9 Å². The molecule has 0 spiro atoms. The number of thioether (sulfide) groups is 1. The number of benzene rings is 1.